The van der Waals surface area contributed by atoms with Gasteiger partial charge >= 0.3 is 0 Å². The minimum absolute atomic E-state index is 0.107. The number of anilines is 1. The van der Waals surface area contributed by atoms with Gasteiger partial charge in [0.25, 0.3) is 5.91 Å². The van der Waals surface area contributed by atoms with Crippen LogP contribution in [-0.2, 0) is 4.79 Å². The molecule has 1 aromatic carbocycles. The van der Waals surface area contributed by atoms with Gasteiger partial charge in [0.15, 0.2) is 17.5 Å². The van der Waals surface area contributed by atoms with Crippen molar-refractivity contribution in [3.05, 3.63) is 58.6 Å². The molecular formula is C19H14ClF3N4O2. The molecule has 0 radical (unpaired) electrons. The molecule has 3 aromatic rings. The van der Waals surface area contributed by atoms with Crippen molar-refractivity contribution in [3.63, 3.8) is 0 Å². The number of amides is 2. The predicted octanol–water partition coefficient (Wildman–Crippen LogP) is 3.73. The van der Waals surface area contributed by atoms with Gasteiger partial charge < -0.3 is 15.2 Å². The molecule has 1 fully saturated rings. The normalized spacial score (nSPS) is 16.4. The van der Waals surface area contributed by atoms with Crippen molar-refractivity contribution >= 4 is 40.1 Å². The van der Waals surface area contributed by atoms with E-state index in [0.29, 0.717) is 36.1 Å². The van der Waals surface area contributed by atoms with E-state index in [4.69, 9.17) is 11.6 Å². The average Bonchev–Trinajstić information content (AvgIpc) is 3.31. The number of nitrogens with one attached hydrogen (secondary N) is 2. The number of H-pyrrole nitrogens is 1. The standard InChI is InChI=1S/C19H14ClF3N4O2/c20-14-11-2-1-4-24-17(11)26-16(14)19(29)27-5-3-9(8-27)18(28)25-10-6-12(21)15(23)13(22)7-10/h1-2,4,6-7,9H,3,5,8H2,(H,24,26)(H,25,28)/t9-/m0/s1. The van der Waals surface area contributed by atoms with Gasteiger partial charge in [0.1, 0.15) is 11.3 Å². The molecule has 1 atom stereocenters. The fraction of sp³-hybridized carbons (Fsp3) is 0.211. The smallest absolute Gasteiger partial charge is 0.271 e. The summed E-state index contributed by atoms with van der Waals surface area (Å²) in [7, 11) is 0. The van der Waals surface area contributed by atoms with Crippen molar-refractivity contribution in [2.45, 2.75) is 6.42 Å². The van der Waals surface area contributed by atoms with Gasteiger partial charge in [-0.25, -0.2) is 18.2 Å². The number of carbonyl (C=O) groups is 2. The molecule has 0 aliphatic carbocycles. The van der Waals surface area contributed by atoms with Crippen LogP contribution in [0.1, 0.15) is 16.9 Å². The highest BCUT2D eigenvalue weighted by Crippen LogP contribution is 2.29. The van der Waals surface area contributed by atoms with E-state index in [9.17, 15) is 22.8 Å². The highest BCUT2D eigenvalue weighted by molar-refractivity contribution is 6.38. The highest BCUT2D eigenvalue weighted by Gasteiger charge is 2.33. The zero-order chi connectivity index (χ0) is 20.7. The first-order valence-corrected chi connectivity index (χ1v) is 9.10. The number of rotatable bonds is 3. The lowest BCUT2D eigenvalue weighted by atomic mass is 10.1. The molecule has 1 aliphatic heterocycles. The van der Waals surface area contributed by atoms with Crippen molar-refractivity contribution in [1.29, 1.82) is 0 Å². The van der Waals surface area contributed by atoms with E-state index in [1.807, 2.05) is 0 Å². The zero-order valence-electron chi connectivity index (χ0n) is 14.8. The van der Waals surface area contributed by atoms with Gasteiger partial charge in [-0.15, -0.1) is 0 Å². The first-order valence-electron chi connectivity index (χ1n) is 8.72. The number of halogens is 4. The Labute approximate surface area is 167 Å². The summed E-state index contributed by atoms with van der Waals surface area (Å²) in [6.07, 6.45) is 1.93. The van der Waals surface area contributed by atoms with Gasteiger partial charge in [-0.2, -0.15) is 0 Å². The number of aromatic amines is 1. The maximum atomic E-state index is 13.3. The second-order valence-electron chi connectivity index (χ2n) is 6.69. The van der Waals surface area contributed by atoms with Crippen molar-refractivity contribution in [2.24, 2.45) is 5.92 Å². The van der Waals surface area contributed by atoms with Gasteiger partial charge in [-0.3, -0.25) is 9.59 Å². The molecule has 150 valence electrons. The number of likely N-dealkylation sites (tertiary alicyclic amines) is 1. The summed E-state index contributed by atoms with van der Waals surface area (Å²) in [4.78, 5) is 33.7. The van der Waals surface area contributed by atoms with Gasteiger partial charge in [-0.05, 0) is 18.6 Å². The second-order valence-corrected chi connectivity index (χ2v) is 7.07. The van der Waals surface area contributed by atoms with Crippen LogP contribution >= 0.6 is 11.6 Å². The summed E-state index contributed by atoms with van der Waals surface area (Å²) in [6.45, 7) is 0.415. The van der Waals surface area contributed by atoms with Crippen molar-refractivity contribution < 1.29 is 22.8 Å². The summed E-state index contributed by atoms with van der Waals surface area (Å²) in [6, 6.07) is 4.84. The number of carbonyl (C=O) groups excluding carboxylic acids is 2. The van der Waals surface area contributed by atoms with E-state index in [1.54, 1.807) is 18.3 Å². The van der Waals surface area contributed by atoms with E-state index in [0.717, 1.165) is 0 Å². The van der Waals surface area contributed by atoms with Crippen LogP contribution in [0, 0.1) is 23.4 Å². The topological polar surface area (TPSA) is 78.1 Å². The van der Waals surface area contributed by atoms with E-state index in [2.05, 4.69) is 15.3 Å². The van der Waals surface area contributed by atoms with E-state index >= 15 is 0 Å². The molecule has 0 spiro atoms. The molecule has 2 aromatic heterocycles. The Kier molecular flexibility index (Phi) is 4.91. The third-order valence-electron chi connectivity index (χ3n) is 4.82. The molecule has 1 saturated heterocycles. The monoisotopic (exact) mass is 422 g/mol. The quantitative estimate of drug-likeness (QED) is 0.631. The lowest BCUT2D eigenvalue weighted by Crippen LogP contribution is -2.31. The van der Waals surface area contributed by atoms with Gasteiger partial charge in [0.05, 0.1) is 10.9 Å². The largest absolute Gasteiger partial charge is 0.337 e. The number of aromatic nitrogens is 2. The molecule has 3 heterocycles. The zero-order valence-corrected chi connectivity index (χ0v) is 15.6. The summed E-state index contributed by atoms with van der Waals surface area (Å²) in [5.74, 6) is -5.88. The molecule has 2 N–H and O–H groups in total. The second kappa shape index (κ2) is 7.40. The SMILES string of the molecule is O=C(Nc1cc(F)c(F)c(F)c1)[C@H]1CCN(C(=O)c2[nH]c3ncccc3c2Cl)C1. The number of hydrogen-bond donors (Lipinski definition) is 2. The highest BCUT2D eigenvalue weighted by atomic mass is 35.5. The van der Waals surface area contributed by atoms with Crippen LogP contribution in [0.15, 0.2) is 30.5 Å². The molecule has 2 amide bonds. The summed E-state index contributed by atoms with van der Waals surface area (Å²) in [5, 5.41) is 3.23. The van der Waals surface area contributed by atoms with E-state index in [1.165, 1.54) is 4.90 Å². The Balaban J connectivity index is 1.46. The lowest BCUT2D eigenvalue weighted by Gasteiger charge is -2.16. The fourth-order valence-corrected chi connectivity index (χ4v) is 3.61. The Hall–Kier alpha value is -3.07. The fourth-order valence-electron chi connectivity index (χ4n) is 3.33. The molecule has 10 heteroatoms. The average molecular weight is 423 g/mol. The van der Waals surface area contributed by atoms with Gasteiger partial charge in [0.2, 0.25) is 5.91 Å². The van der Waals surface area contributed by atoms with Crippen LogP contribution in [0.2, 0.25) is 5.02 Å². The molecule has 4 rings (SSSR count). The molecule has 6 nitrogen and oxygen atoms in total. The number of fused-ring (bicyclic) bond motifs is 1. The first-order chi connectivity index (χ1) is 13.8. The maximum Gasteiger partial charge on any atom is 0.271 e. The molecular weight excluding hydrogens is 409 g/mol. The number of pyridine rings is 1. The molecule has 29 heavy (non-hydrogen) atoms. The Morgan fingerprint density at radius 2 is 1.97 bits per heavy atom. The summed E-state index contributed by atoms with van der Waals surface area (Å²) >= 11 is 6.28. The lowest BCUT2D eigenvalue weighted by molar-refractivity contribution is -0.119. The summed E-state index contributed by atoms with van der Waals surface area (Å²) < 4.78 is 39.7. The third kappa shape index (κ3) is 3.53. The van der Waals surface area contributed by atoms with Crippen LogP contribution in [0.5, 0.6) is 0 Å². The van der Waals surface area contributed by atoms with Crippen molar-refractivity contribution in [2.75, 3.05) is 18.4 Å². The van der Waals surface area contributed by atoms with Crippen molar-refractivity contribution in [3.8, 4) is 0 Å². The Morgan fingerprint density at radius 1 is 1.24 bits per heavy atom. The number of hydrogen-bond acceptors (Lipinski definition) is 3. The minimum atomic E-state index is -1.61. The number of benzene rings is 1. The maximum absolute atomic E-state index is 13.3. The van der Waals surface area contributed by atoms with E-state index < -0.39 is 29.3 Å². The summed E-state index contributed by atoms with van der Waals surface area (Å²) in [5.41, 5.74) is 0.472. The van der Waals surface area contributed by atoms with Crippen LogP contribution in [0.3, 0.4) is 0 Å². The third-order valence-corrected chi connectivity index (χ3v) is 5.21. The number of nitrogens with zero attached hydrogens (tertiary/aromatic N) is 2. The van der Waals surface area contributed by atoms with Crippen LogP contribution < -0.4 is 5.32 Å². The Bertz CT molecular complexity index is 1110. The minimum Gasteiger partial charge on any atom is -0.337 e. The van der Waals surface area contributed by atoms with E-state index in [-0.39, 0.29) is 28.9 Å². The van der Waals surface area contributed by atoms with Crippen LogP contribution in [-0.4, -0.2) is 39.8 Å². The predicted molar refractivity (Wildman–Crippen MR) is 100 cm³/mol. The molecule has 0 saturated carbocycles. The van der Waals surface area contributed by atoms with Crippen molar-refractivity contribution in [1.82, 2.24) is 14.9 Å². The van der Waals surface area contributed by atoms with Crippen LogP contribution in [0.4, 0.5) is 18.9 Å². The van der Waals surface area contributed by atoms with Gasteiger partial charge in [-0.1, -0.05) is 11.6 Å². The molecule has 0 bridgehead atoms. The molecule has 1 aliphatic rings. The molecule has 0 unspecified atom stereocenters. The van der Waals surface area contributed by atoms with Crippen LogP contribution in [0.25, 0.3) is 11.0 Å². The Morgan fingerprint density at radius 3 is 2.66 bits per heavy atom. The van der Waals surface area contributed by atoms with Gasteiger partial charge in [0, 0.05) is 42.5 Å². The first kappa shape index (κ1) is 19.3.